The van der Waals surface area contributed by atoms with Crippen molar-refractivity contribution in [2.45, 2.75) is 0 Å². The number of nitrogens with two attached hydrogens (primary N) is 1. The summed E-state index contributed by atoms with van der Waals surface area (Å²) in [6, 6.07) is 4.74. The number of esters is 1. The number of hydrogen-bond acceptors (Lipinski definition) is 4. The lowest BCUT2D eigenvalue weighted by molar-refractivity contribution is 0.0600. The van der Waals surface area contributed by atoms with Gasteiger partial charge in [0.05, 0.1) is 19.8 Å². The number of methoxy groups -OCH3 is 2. The van der Waals surface area contributed by atoms with Gasteiger partial charge in [-0.3, -0.25) is 0 Å². The average Bonchev–Trinajstić information content (AvgIpc) is 2.15. The Labute approximate surface area is 88.4 Å². The SMILES string of the molecule is COC(=O)c1cc(N)cc(OC)c1.Cl. The van der Waals surface area contributed by atoms with Gasteiger partial charge in [0.25, 0.3) is 0 Å². The fraction of sp³-hybridized carbons (Fsp3) is 0.222. The van der Waals surface area contributed by atoms with E-state index in [1.54, 1.807) is 12.1 Å². The second kappa shape index (κ2) is 5.34. The van der Waals surface area contributed by atoms with Crippen LogP contribution in [0.5, 0.6) is 5.75 Å². The molecule has 2 N–H and O–H groups in total. The zero-order chi connectivity index (χ0) is 9.84. The Morgan fingerprint density at radius 3 is 2.43 bits per heavy atom. The van der Waals surface area contributed by atoms with Crippen molar-refractivity contribution < 1.29 is 14.3 Å². The Morgan fingerprint density at radius 2 is 1.93 bits per heavy atom. The highest BCUT2D eigenvalue weighted by atomic mass is 35.5. The minimum atomic E-state index is -0.425. The summed E-state index contributed by atoms with van der Waals surface area (Å²) in [6.45, 7) is 0. The molecule has 0 aliphatic rings. The maximum atomic E-state index is 11.1. The highest BCUT2D eigenvalue weighted by Crippen LogP contribution is 2.18. The molecule has 0 aliphatic carbocycles. The van der Waals surface area contributed by atoms with Gasteiger partial charge >= 0.3 is 5.97 Å². The third-order valence-corrected chi connectivity index (χ3v) is 1.59. The molecule has 0 aliphatic heterocycles. The minimum Gasteiger partial charge on any atom is -0.497 e. The summed E-state index contributed by atoms with van der Waals surface area (Å²) in [5.41, 5.74) is 6.40. The van der Waals surface area contributed by atoms with E-state index in [0.29, 0.717) is 17.0 Å². The van der Waals surface area contributed by atoms with Gasteiger partial charge in [-0.25, -0.2) is 4.79 Å². The monoisotopic (exact) mass is 217 g/mol. The van der Waals surface area contributed by atoms with Crippen LogP contribution >= 0.6 is 12.4 Å². The van der Waals surface area contributed by atoms with Gasteiger partial charge in [-0.1, -0.05) is 0 Å². The van der Waals surface area contributed by atoms with Crippen molar-refractivity contribution in [3.05, 3.63) is 23.8 Å². The van der Waals surface area contributed by atoms with Crippen LogP contribution in [0.2, 0.25) is 0 Å². The van der Waals surface area contributed by atoms with Gasteiger partial charge in [0.2, 0.25) is 0 Å². The first-order valence-corrected chi connectivity index (χ1v) is 3.70. The molecule has 0 heterocycles. The van der Waals surface area contributed by atoms with Crippen molar-refractivity contribution in [3.63, 3.8) is 0 Å². The Hall–Kier alpha value is -1.42. The first-order chi connectivity index (χ1) is 6.17. The van der Waals surface area contributed by atoms with E-state index in [4.69, 9.17) is 10.5 Å². The van der Waals surface area contributed by atoms with Crippen LogP contribution in [0.4, 0.5) is 5.69 Å². The van der Waals surface area contributed by atoms with Crippen LogP contribution in [-0.2, 0) is 4.74 Å². The van der Waals surface area contributed by atoms with E-state index >= 15 is 0 Å². The maximum absolute atomic E-state index is 11.1. The van der Waals surface area contributed by atoms with Crippen molar-refractivity contribution in [1.29, 1.82) is 0 Å². The van der Waals surface area contributed by atoms with Crippen molar-refractivity contribution in [2.24, 2.45) is 0 Å². The molecular formula is C9H12ClNO3. The molecule has 1 aromatic carbocycles. The summed E-state index contributed by atoms with van der Waals surface area (Å²) in [7, 11) is 2.83. The summed E-state index contributed by atoms with van der Waals surface area (Å²) in [6.07, 6.45) is 0. The summed E-state index contributed by atoms with van der Waals surface area (Å²) in [5, 5.41) is 0. The van der Waals surface area contributed by atoms with E-state index in [9.17, 15) is 4.79 Å². The quantitative estimate of drug-likeness (QED) is 0.602. The molecule has 14 heavy (non-hydrogen) atoms. The van der Waals surface area contributed by atoms with Crippen molar-refractivity contribution in [2.75, 3.05) is 20.0 Å². The van der Waals surface area contributed by atoms with Crippen LogP contribution in [-0.4, -0.2) is 20.2 Å². The summed E-state index contributed by atoms with van der Waals surface area (Å²) >= 11 is 0. The summed E-state index contributed by atoms with van der Waals surface area (Å²) in [4.78, 5) is 11.1. The topological polar surface area (TPSA) is 61.5 Å². The smallest absolute Gasteiger partial charge is 0.338 e. The Kier molecular flexibility index (Phi) is 4.80. The van der Waals surface area contributed by atoms with Crippen molar-refractivity contribution in [3.8, 4) is 5.75 Å². The maximum Gasteiger partial charge on any atom is 0.338 e. The zero-order valence-corrected chi connectivity index (χ0v) is 8.76. The molecule has 4 nitrogen and oxygen atoms in total. The molecule has 0 radical (unpaired) electrons. The lowest BCUT2D eigenvalue weighted by Gasteiger charge is -2.04. The molecule has 0 bridgehead atoms. The largest absolute Gasteiger partial charge is 0.497 e. The van der Waals surface area contributed by atoms with E-state index in [0.717, 1.165) is 0 Å². The van der Waals surface area contributed by atoms with Crippen LogP contribution in [0.1, 0.15) is 10.4 Å². The van der Waals surface area contributed by atoms with E-state index in [1.807, 2.05) is 0 Å². The average molecular weight is 218 g/mol. The first-order valence-electron chi connectivity index (χ1n) is 3.70. The van der Waals surface area contributed by atoms with E-state index in [-0.39, 0.29) is 12.4 Å². The molecule has 0 aromatic heterocycles. The van der Waals surface area contributed by atoms with Crippen molar-refractivity contribution >= 4 is 24.1 Å². The molecule has 0 unspecified atom stereocenters. The third kappa shape index (κ3) is 2.81. The van der Waals surface area contributed by atoms with Gasteiger partial charge in [0, 0.05) is 11.8 Å². The van der Waals surface area contributed by atoms with Gasteiger partial charge < -0.3 is 15.2 Å². The highest BCUT2D eigenvalue weighted by molar-refractivity contribution is 5.90. The van der Waals surface area contributed by atoms with Gasteiger partial charge in [-0.2, -0.15) is 0 Å². The summed E-state index contributed by atoms with van der Waals surface area (Å²) < 4.78 is 9.48. The molecule has 1 rings (SSSR count). The number of hydrogen-bond donors (Lipinski definition) is 1. The van der Waals surface area contributed by atoms with E-state index in [2.05, 4.69) is 4.74 Å². The number of halogens is 1. The fourth-order valence-electron chi connectivity index (χ4n) is 0.976. The van der Waals surface area contributed by atoms with E-state index in [1.165, 1.54) is 20.3 Å². The second-order valence-corrected chi connectivity index (χ2v) is 2.49. The molecule has 78 valence electrons. The number of carbonyl (C=O) groups excluding carboxylic acids is 1. The molecule has 0 fully saturated rings. The summed E-state index contributed by atoms with van der Waals surface area (Å²) in [5.74, 6) is 0.117. The number of ether oxygens (including phenoxy) is 2. The number of rotatable bonds is 2. The van der Waals surface area contributed by atoms with E-state index < -0.39 is 5.97 Å². The normalized spacial score (nSPS) is 8.71. The molecule has 1 aromatic rings. The number of anilines is 1. The lowest BCUT2D eigenvalue weighted by atomic mass is 10.2. The van der Waals surface area contributed by atoms with Gasteiger partial charge in [0.1, 0.15) is 5.75 Å². The van der Waals surface area contributed by atoms with Gasteiger partial charge in [-0.05, 0) is 12.1 Å². The molecule has 0 saturated carbocycles. The zero-order valence-electron chi connectivity index (χ0n) is 7.94. The first kappa shape index (κ1) is 12.6. The second-order valence-electron chi connectivity index (χ2n) is 2.49. The number of nitrogen functional groups attached to an aromatic ring is 1. The van der Waals surface area contributed by atoms with Crippen LogP contribution in [0.25, 0.3) is 0 Å². The Balaban J connectivity index is 0.00000169. The molecule has 5 heteroatoms. The molecule has 0 spiro atoms. The molecule has 0 atom stereocenters. The highest BCUT2D eigenvalue weighted by Gasteiger charge is 2.07. The van der Waals surface area contributed by atoms with Crippen LogP contribution in [0.15, 0.2) is 18.2 Å². The predicted molar refractivity (Wildman–Crippen MR) is 56.0 cm³/mol. The molecular weight excluding hydrogens is 206 g/mol. The standard InChI is InChI=1S/C9H11NO3.ClH/c1-12-8-4-6(9(11)13-2)3-7(10)5-8;/h3-5H,10H2,1-2H3;1H. The Morgan fingerprint density at radius 1 is 1.29 bits per heavy atom. The lowest BCUT2D eigenvalue weighted by Crippen LogP contribution is -2.02. The number of carbonyl (C=O) groups is 1. The van der Waals surface area contributed by atoms with Gasteiger partial charge in [-0.15, -0.1) is 12.4 Å². The minimum absolute atomic E-state index is 0. The third-order valence-electron chi connectivity index (χ3n) is 1.59. The number of benzene rings is 1. The molecule has 0 saturated heterocycles. The molecule has 0 amide bonds. The predicted octanol–water partition coefficient (Wildman–Crippen LogP) is 1.49. The Bertz CT molecular complexity index is 328. The van der Waals surface area contributed by atoms with Crippen LogP contribution in [0, 0.1) is 0 Å². The van der Waals surface area contributed by atoms with Gasteiger partial charge in [0.15, 0.2) is 0 Å². The van der Waals surface area contributed by atoms with Crippen molar-refractivity contribution in [1.82, 2.24) is 0 Å². The van der Waals surface area contributed by atoms with Crippen LogP contribution < -0.4 is 10.5 Å². The fourth-order valence-corrected chi connectivity index (χ4v) is 0.976. The van der Waals surface area contributed by atoms with Crippen LogP contribution in [0.3, 0.4) is 0 Å².